The molecule has 0 saturated carbocycles. The zero-order valence-corrected chi connectivity index (χ0v) is 13.6. The third kappa shape index (κ3) is 4.04. The number of aryl methyl sites for hydroxylation is 2. The number of thiophene rings is 1. The van der Waals surface area contributed by atoms with Crippen LogP contribution in [0.4, 0.5) is 5.69 Å². The van der Waals surface area contributed by atoms with Crippen LogP contribution in [-0.2, 0) is 11.2 Å². The third-order valence-electron chi connectivity index (χ3n) is 3.42. The maximum absolute atomic E-state index is 12.0. The fourth-order valence-electron chi connectivity index (χ4n) is 2.19. The van der Waals surface area contributed by atoms with E-state index >= 15 is 0 Å². The molecule has 1 N–H and O–H groups in total. The topological polar surface area (TPSA) is 68.0 Å². The number of nitrogens with one attached hydrogen (secondary N) is 1. The molecule has 3 rings (SSSR count). The molecule has 2 heterocycles. The van der Waals surface area contributed by atoms with Crippen LogP contribution in [0.15, 0.2) is 46.3 Å². The van der Waals surface area contributed by atoms with Gasteiger partial charge < -0.3 is 9.84 Å². The Hall–Kier alpha value is -2.47. The molecule has 3 aromatic rings. The van der Waals surface area contributed by atoms with Gasteiger partial charge in [0.2, 0.25) is 17.6 Å². The van der Waals surface area contributed by atoms with Gasteiger partial charge in [0.05, 0.1) is 4.88 Å². The number of amides is 1. The second-order valence-electron chi connectivity index (χ2n) is 5.21. The average molecular weight is 327 g/mol. The first kappa shape index (κ1) is 15.4. The first-order valence-corrected chi connectivity index (χ1v) is 8.32. The van der Waals surface area contributed by atoms with Crippen LogP contribution in [0.2, 0.25) is 0 Å². The maximum atomic E-state index is 12.0. The van der Waals surface area contributed by atoms with Gasteiger partial charge in [0, 0.05) is 18.5 Å². The second kappa shape index (κ2) is 7.19. The average Bonchev–Trinajstić information content (AvgIpc) is 3.20. The Labute approximate surface area is 138 Å². The van der Waals surface area contributed by atoms with Gasteiger partial charge in [-0.05, 0) is 36.4 Å². The molecule has 0 aliphatic carbocycles. The summed E-state index contributed by atoms with van der Waals surface area (Å²) in [5.74, 6) is 1.17. The molecule has 5 nitrogen and oxygen atoms in total. The molecule has 1 amide bonds. The van der Waals surface area contributed by atoms with Gasteiger partial charge in [-0.25, -0.2) is 0 Å². The number of carbonyl (C=O) groups excluding carboxylic acids is 1. The summed E-state index contributed by atoms with van der Waals surface area (Å²) >= 11 is 1.57. The third-order valence-corrected chi connectivity index (χ3v) is 4.29. The lowest BCUT2D eigenvalue weighted by atomic mass is 10.2. The van der Waals surface area contributed by atoms with E-state index in [4.69, 9.17) is 4.52 Å². The van der Waals surface area contributed by atoms with E-state index in [1.54, 1.807) is 11.3 Å². The van der Waals surface area contributed by atoms with Crippen molar-refractivity contribution in [3.05, 3.63) is 53.2 Å². The van der Waals surface area contributed by atoms with E-state index in [0.717, 1.165) is 16.1 Å². The zero-order valence-electron chi connectivity index (χ0n) is 12.8. The molecule has 1 aromatic carbocycles. The molecular formula is C17H17N3O2S. The summed E-state index contributed by atoms with van der Waals surface area (Å²) in [5.41, 5.74) is 1.91. The minimum Gasteiger partial charge on any atom is -0.339 e. The van der Waals surface area contributed by atoms with Crippen LogP contribution in [0.3, 0.4) is 0 Å². The lowest BCUT2D eigenvalue weighted by Gasteiger charge is -2.07. The van der Waals surface area contributed by atoms with Crippen LogP contribution in [0.1, 0.15) is 24.3 Å². The number of hydrogen-bond donors (Lipinski definition) is 1. The molecule has 0 radical (unpaired) electrons. The highest BCUT2D eigenvalue weighted by Crippen LogP contribution is 2.21. The first-order chi connectivity index (χ1) is 11.2. The van der Waals surface area contributed by atoms with Crippen molar-refractivity contribution in [1.29, 1.82) is 0 Å². The van der Waals surface area contributed by atoms with Gasteiger partial charge in [0.15, 0.2) is 0 Å². The van der Waals surface area contributed by atoms with Gasteiger partial charge in [0.1, 0.15) is 0 Å². The fourth-order valence-corrected chi connectivity index (χ4v) is 2.84. The normalized spacial score (nSPS) is 10.7. The number of benzene rings is 1. The molecule has 0 aliphatic heterocycles. The molecule has 0 atom stereocenters. The second-order valence-corrected chi connectivity index (χ2v) is 6.15. The summed E-state index contributed by atoms with van der Waals surface area (Å²) in [5, 5.41) is 8.85. The highest BCUT2D eigenvalue weighted by Gasteiger charge is 2.10. The maximum Gasteiger partial charge on any atom is 0.226 e. The number of rotatable bonds is 6. The van der Waals surface area contributed by atoms with Crippen LogP contribution < -0.4 is 5.32 Å². The zero-order chi connectivity index (χ0) is 16.1. The van der Waals surface area contributed by atoms with Crippen LogP contribution >= 0.6 is 11.3 Å². The predicted molar refractivity (Wildman–Crippen MR) is 90.4 cm³/mol. The van der Waals surface area contributed by atoms with Gasteiger partial charge in [-0.1, -0.05) is 29.4 Å². The van der Waals surface area contributed by atoms with Crippen molar-refractivity contribution >= 4 is 22.9 Å². The Bertz CT molecular complexity index is 781. The number of carbonyl (C=O) groups is 1. The molecule has 23 heavy (non-hydrogen) atoms. The summed E-state index contributed by atoms with van der Waals surface area (Å²) < 4.78 is 5.22. The molecule has 2 aromatic heterocycles. The molecule has 0 unspecified atom stereocenters. The lowest BCUT2D eigenvalue weighted by molar-refractivity contribution is -0.116. The number of hydrogen-bond acceptors (Lipinski definition) is 5. The fraction of sp³-hybridized carbons (Fsp3) is 0.235. The molecule has 118 valence electrons. The van der Waals surface area contributed by atoms with Gasteiger partial charge in [-0.2, -0.15) is 4.98 Å². The Balaban J connectivity index is 1.48. The summed E-state index contributed by atoms with van der Waals surface area (Å²) in [6.45, 7) is 1.97. The van der Waals surface area contributed by atoms with E-state index in [2.05, 4.69) is 15.5 Å². The van der Waals surface area contributed by atoms with Crippen molar-refractivity contribution < 1.29 is 9.32 Å². The van der Waals surface area contributed by atoms with E-state index in [9.17, 15) is 4.79 Å². The molecule has 6 heteroatoms. The van der Waals surface area contributed by atoms with Crippen LogP contribution in [0, 0.1) is 6.92 Å². The number of anilines is 1. The Morgan fingerprint density at radius 3 is 2.91 bits per heavy atom. The van der Waals surface area contributed by atoms with Crippen molar-refractivity contribution in [1.82, 2.24) is 10.1 Å². The molecule has 0 spiro atoms. The van der Waals surface area contributed by atoms with Crippen molar-refractivity contribution in [3.8, 4) is 10.7 Å². The minimum atomic E-state index is -0.00250. The Morgan fingerprint density at radius 1 is 1.26 bits per heavy atom. The molecule has 0 fully saturated rings. The molecular weight excluding hydrogens is 310 g/mol. The Kier molecular flexibility index (Phi) is 4.83. The van der Waals surface area contributed by atoms with Gasteiger partial charge in [-0.15, -0.1) is 11.3 Å². The smallest absolute Gasteiger partial charge is 0.226 e. The van der Waals surface area contributed by atoms with Gasteiger partial charge in [0.25, 0.3) is 0 Å². The number of nitrogens with zero attached hydrogens (tertiary/aromatic N) is 2. The summed E-state index contributed by atoms with van der Waals surface area (Å²) in [6, 6.07) is 11.6. The predicted octanol–water partition coefficient (Wildman–Crippen LogP) is 4.07. The van der Waals surface area contributed by atoms with Crippen molar-refractivity contribution in [2.24, 2.45) is 0 Å². The summed E-state index contributed by atoms with van der Waals surface area (Å²) in [6.07, 6.45) is 1.69. The number of aromatic nitrogens is 2. The van der Waals surface area contributed by atoms with E-state index in [1.807, 2.05) is 48.7 Å². The highest BCUT2D eigenvalue weighted by molar-refractivity contribution is 7.13. The van der Waals surface area contributed by atoms with Crippen molar-refractivity contribution in [2.45, 2.75) is 26.2 Å². The molecule has 0 aliphatic rings. The molecule has 0 saturated heterocycles. The highest BCUT2D eigenvalue weighted by atomic mass is 32.1. The summed E-state index contributed by atoms with van der Waals surface area (Å²) in [7, 11) is 0. The van der Waals surface area contributed by atoms with Gasteiger partial charge >= 0.3 is 0 Å². The van der Waals surface area contributed by atoms with E-state index in [1.165, 1.54) is 0 Å². The Morgan fingerprint density at radius 2 is 2.13 bits per heavy atom. The standard InChI is InChI=1S/C17H17N3O2S/c1-12-6-2-3-7-13(12)18-15(21)9-4-10-16-19-17(20-22-16)14-8-5-11-23-14/h2-3,5-8,11H,4,9-10H2,1H3,(H,18,21). The van der Waals surface area contributed by atoms with Crippen LogP contribution in [-0.4, -0.2) is 16.0 Å². The molecule has 0 bridgehead atoms. The van der Waals surface area contributed by atoms with Crippen LogP contribution in [0.5, 0.6) is 0 Å². The SMILES string of the molecule is Cc1ccccc1NC(=O)CCCc1nc(-c2cccs2)no1. The number of para-hydroxylation sites is 1. The van der Waals surface area contributed by atoms with E-state index < -0.39 is 0 Å². The van der Waals surface area contributed by atoms with Crippen LogP contribution in [0.25, 0.3) is 10.7 Å². The minimum absolute atomic E-state index is 0.00250. The summed E-state index contributed by atoms with van der Waals surface area (Å²) in [4.78, 5) is 17.3. The first-order valence-electron chi connectivity index (χ1n) is 7.44. The van der Waals surface area contributed by atoms with Gasteiger partial charge in [-0.3, -0.25) is 4.79 Å². The monoisotopic (exact) mass is 327 g/mol. The quantitative estimate of drug-likeness (QED) is 0.741. The van der Waals surface area contributed by atoms with E-state index in [-0.39, 0.29) is 5.91 Å². The van der Waals surface area contributed by atoms with Crippen molar-refractivity contribution in [3.63, 3.8) is 0 Å². The largest absolute Gasteiger partial charge is 0.339 e. The van der Waals surface area contributed by atoms with E-state index in [0.29, 0.717) is 31.0 Å². The lowest BCUT2D eigenvalue weighted by Crippen LogP contribution is -2.12. The van der Waals surface area contributed by atoms with Crippen molar-refractivity contribution in [2.75, 3.05) is 5.32 Å².